The molecule has 3 aromatic rings. The van der Waals surface area contributed by atoms with E-state index in [2.05, 4.69) is 77.8 Å². The van der Waals surface area contributed by atoms with Crippen LogP contribution in [-0.2, 0) is 6.42 Å². The summed E-state index contributed by atoms with van der Waals surface area (Å²) >= 11 is 0. The molecule has 0 bridgehead atoms. The summed E-state index contributed by atoms with van der Waals surface area (Å²) in [5.74, 6) is 12.2. The number of β-amino-alcohol motifs (C(OH)–C–C–N with tert-alkyl or cyclic N) is 1. The predicted molar refractivity (Wildman–Crippen MR) is 146 cm³/mol. The first kappa shape index (κ1) is 25.6. The van der Waals surface area contributed by atoms with E-state index in [0.29, 0.717) is 18.8 Å². The van der Waals surface area contributed by atoms with Crippen LogP contribution in [0.5, 0.6) is 0 Å². The number of aryl methyl sites for hydroxylation is 2. The van der Waals surface area contributed by atoms with E-state index < -0.39 is 6.10 Å². The molecule has 1 atom stereocenters. The fraction of sp³-hybridized carbons (Fsp3) is 0.393. The summed E-state index contributed by atoms with van der Waals surface area (Å²) in [6.45, 7) is 5.56. The summed E-state index contributed by atoms with van der Waals surface area (Å²) in [6, 6.07) is 16.8. The Hall–Kier alpha value is -3.49. The molecule has 0 radical (unpaired) electrons. The number of hydrogen-bond donors (Lipinski definition) is 4. The molecule has 1 aliphatic heterocycles. The number of fused-ring (bicyclic) bond motifs is 1. The van der Waals surface area contributed by atoms with E-state index in [4.69, 9.17) is 21.7 Å². The Morgan fingerprint density at radius 1 is 0.944 bits per heavy atom. The summed E-state index contributed by atoms with van der Waals surface area (Å²) in [5, 5.41) is 14.3. The van der Waals surface area contributed by atoms with Crippen molar-refractivity contribution in [3.63, 3.8) is 0 Å². The second-order valence-electron chi connectivity index (χ2n) is 9.61. The minimum atomic E-state index is -0.457. The van der Waals surface area contributed by atoms with Crippen molar-refractivity contribution < 1.29 is 5.11 Å². The second kappa shape index (κ2) is 12.0. The van der Waals surface area contributed by atoms with Gasteiger partial charge < -0.3 is 21.3 Å². The highest BCUT2D eigenvalue weighted by atomic mass is 16.3. The van der Waals surface area contributed by atoms with Crippen LogP contribution in [0.15, 0.2) is 53.6 Å². The van der Waals surface area contributed by atoms with Crippen molar-refractivity contribution in [2.45, 2.75) is 58.5 Å². The van der Waals surface area contributed by atoms with Crippen molar-refractivity contribution in [2.75, 3.05) is 18.0 Å². The number of amidine groups is 1. The molecule has 8 nitrogen and oxygen atoms in total. The number of anilines is 1. The van der Waals surface area contributed by atoms with Gasteiger partial charge in [0.15, 0.2) is 5.82 Å². The number of rotatable bonds is 9. The number of hydrogen-bond acceptors (Lipinski definition) is 7. The van der Waals surface area contributed by atoms with Crippen molar-refractivity contribution in [3.05, 3.63) is 65.4 Å². The minimum absolute atomic E-state index is 0.457. The number of aliphatic hydroxyl groups excluding tert-OH is 1. The molecule has 2 heterocycles. The first-order valence-corrected chi connectivity index (χ1v) is 12.7. The van der Waals surface area contributed by atoms with E-state index in [1.165, 1.54) is 11.1 Å². The number of nitrogens with two attached hydrogens (primary N) is 2. The molecule has 0 saturated heterocycles. The summed E-state index contributed by atoms with van der Waals surface area (Å²) in [7, 11) is 0. The van der Waals surface area contributed by atoms with Gasteiger partial charge in [0, 0.05) is 37.1 Å². The van der Waals surface area contributed by atoms with E-state index in [-0.39, 0.29) is 0 Å². The van der Waals surface area contributed by atoms with E-state index >= 15 is 0 Å². The van der Waals surface area contributed by atoms with E-state index in [1.807, 2.05) is 0 Å². The van der Waals surface area contributed by atoms with Crippen molar-refractivity contribution in [1.82, 2.24) is 15.4 Å². The lowest BCUT2D eigenvalue weighted by Crippen LogP contribution is -2.40. The Balaban J connectivity index is 1.58. The van der Waals surface area contributed by atoms with Crippen molar-refractivity contribution in [3.8, 4) is 22.5 Å². The van der Waals surface area contributed by atoms with Gasteiger partial charge in [0.05, 0.1) is 23.2 Å². The van der Waals surface area contributed by atoms with Crippen LogP contribution in [-0.4, -0.2) is 40.1 Å². The minimum Gasteiger partial charge on any atom is -0.391 e. The van der Waals surface area contributed by atoms with E-state index in [0.717, 1.165) is 72.7 Å². The molecule has 6 N–H and O–H groups in total. The van der Waals surface area contributed by atoms with Crippen LogP contribution in [0, 0.1) is 13.8 Å². The molecule has 1 aromatic heterocycles. The van der Waals surface area contributed by atoms with Gasteiger partial charge in [0.25, 0.3) is 0 Å². The van der Waals surface area contributed by atoms with Crippen LogP contribution in [0.2, 0.25) is 0 Å². The van der Waals surface area contributed by atoms with Crippen molar-refractivity contribution in [1.29, 1.82) is 0 Å². The topological polar surface area (TPSA) is 126 Å². The van der Waals surface area contributed by atoms with Crippen LogP contribution in [0.25, 0.3) is 22.5 Å². The Morgan fingerprint density at radius 2 is 1.53 bits per heavy atom. The quantitative estimate of drug-likeness (QED) is 0.119. The van der Waals surface area contributed by atoms with Gasteiger partial charge in [-0.05, 0) is 26.7 Å². The average Bonchev–Trinajstić information content (AvgIpc) is 2.88. The smallest absolute Gasteiger partial charge is 0.151 e. The summed E-state index contributed by atoms with van der Waals surface area (Å²) in [6.07, 6.45) is 4.88. The molecule has 0 spiro atoms. The number of unbranched alkanes of at least 4 members (excludes halogenated alkanes) is 3. The number of benzene rings is 2. The summed E-state index contributed by atoms with van der Waals surface area (Å²) < 4.78 is 0. The lowest BCUT2D eigenvalue weighted by atomic mass is 10.00. The molecule has 0 amide bonds. The molecule has 0 aliphatic carbocycles. The SMILES string of the molecule is Cc1ccc(-c2nc3c(nc2-c2ccc(C)cc2)N(CCCCCC/C(=N/N)NN)CC(O)C3)cc1. The molecule has 0 fully saturated rings. The highest BCUT2D eigenvalue weighted by Crippen LogP contribution is 2.35. The molecule has 1 aliphatic rings. The lowest BCUT2D eigenvalue weighted by molar-refractivity contribution is 0.173. The third kappa shape index (κ3) is 6.19. The number of hydrazone groups is 1. The van der Waals surface area contributed by atoms with Gasteiger partial charge in [-0.25, -0.2) is 15.8 Å². The van der Waals surface area contributed by atoms with Crippen LogP contribution >= 0.6 is 0 Å². The van der Waals surface area contributed by atoms with Gasteiger partial charge in [-0.2, -0.15) is 5.10 Å². The first-order valence-electron chi connectivity index (χ1n) is 12.7. The van der Waals surface area contributed by atoms with Crippen LogP contribution in [0.4, 0.5) is 5.82 Å². The van der Waals surface area contributed by atoms with E-state index in [1.54, 1.807) is 0 Å². The zero-order valence-electron chi connectivity index (χ0n) is 21.2. The largest absolute Gasteiger partial charge is 0.391 e. The molecular weight excluding hydrogens is 450 g/mol. The Bertz CT molecular complexity index is 1180. The molecule has 8 heteroatoms. The van der Waals surface area contributed by atoms with Crippen LogP contribution < -0.4 is 22.0 Å². The van der Waals surface area contributed by atoms with Gasteiger partial charge in [-0.15, -0.1) is 0 Å². The fourth-order valence-corrected chi connectivity index (χ4v) is 4.63. The van der Waals surface area contributed by atoms with Crippen molar-refractivity contribution in [2.24, 2.45) is 16.8 Å². The number of aromatic nitrogens is 2. The molecule has 0 saturated carbocycles. The number of aliphatic hydroxyl groups is 1. The first-order chi connectivity index (χ1) is 17.5. The van der Waals surface area contributed by atoms with Crippen LogP contribution in [0.3, 0.4) is 0 Å². The summed E-state index contributed by atoms with van der Waals surface area (Å²) in [4.78, 5) is 12.5. The standard InChI is InChI=1S/C28H37N7O/c1-19-8-12-21(13-9-19)26-27(22-14-10-20(2)11-15-22)32-28-24(31-26)17-23(36)18-35(28)16-6-4-3-5-7-25(33-29)34-30/h8-15,23,36H,3-7,16-18,29-30H2,1-2H3,(H,33,34). The number of nitrogens with one attached hydrogen (secondary N) is 1. The maximum atomic E-state index is 10.6. The van der Waals surface area contributed by atoms with Gasteiger partial charge in [-0.1, -0.05) is 72.5 Å². The highest BCUT2D eigenvalue weighted by Gasteiger charge is 2.28. The molecule has 1 unspecified atom stereocenters. The maximum absolute atomic E-state index is 10.6. The Morgan fingerprint density at radius 3 is 2.11 bits per heavy atom. The fourth-order valence-electron chi connectivity index (χ4n) is 4.63. The lowest BCUT2D eigenvalue weighted by Gasteiger charge is -2.33. The number of hydrazine groups is 1. The van der Waals surface area contributed by atoms with Gasteiger partial charge in [0.1, 0.15) is 5.84 Å². The zero-order chi connectivity index (χ0) is 25.5. The Kier molecular flexibility index (Phi) is 8.51. The molecule has 36 heavy (non-hydrogen) atoms. The third-order valence-electron chi connectivity index (χ3n) is 6.67. The average molecular weight is 488 g/mol. The van der Waals surface area contributed by atoms with Gasteiger partial charge >= 0.3 is 0 Å². The van der Waals surface area contributed by atoms with Crippen LogP contribution in [0.1, 0.15) is 48.9 Å². The van der Waals surface area contributed by atoms with E-state index in [9.17, 15) is 5.11 Å². The monoisotopic (exact) mass is 487 g/mol. The number of nitrogens with zero attached hydrogens (tertiary/aromatic N) is 4. The van der Waals surface area contributed by atoms with Gasteiger partial charge in [0.2, 0.25) is 0 Å². The summed E-state index contributed by atoms with van der Waals surface area (Å²) in [5.41, 5.74) is 9.61. The zero-order valence-corrected chi connectivity index (χ0v) is 21.2. The Labute approximate surface area is 213 Å². The predicted octanol–water partition coefficient (Wildman–Crippen LogP) is 3.84. The molecule has 190 valence electrons. The molecule has 2 aromatic carbocycles. The third-order valence-corrected chi connectivity index (χ3v) is 6.67. The maximum Gasteiger partial charge on any atom is 0.151 e. The normalized spacial score (nSPS) is 15.6. The second-order valence-corrected chi connectivity index (χ2v) is 9.61. The highest BCUT2D eigenvalue weighted by molar-refractivity contribution is 5.81. The molecular formula is C28H37N7O. The molecule has 4 rings (SSSR count). The van der Waals surface area contributed by atoms with Gasteiger partial charge in [-0.3, -0.25) is 0 Å². The van der Waals surface area contributed by atoms with Crippen molar-refractivity contribution >= 4 is 11.7 Å².